The van der Waals surface area contributed by atoms with Gasteiger partial charge < -0.3 is 14.7 Å². The van der Waals surface area contributed by atoms with Crippen molar-refractivity contribution in [3.05, 3.63) is 28.8 Å². The number of aromatic hydroxyl groups is 1. The lowest BCUT2D eigenvalue weighted by atomic mass is 9.78. The summed E-state index contributed by atoms with van der Waals surface area (Å²) in [5, 5.41) is 10.9. The van der Waals surface area contributed by atoms with Crippen LogP contribution in [0.5, 0.6) is 5.75 Å². The molecule has 1 saturated heterocycles. The molecular weight excluding hydrogens is 338 g/mol. The van der Waals surface area contributed by atoms with E-state index >= 15 is 0 Å². The lowest BCUT2D eigenvalue weighted by Crippen LogP contribution is -3.12. The van der Waals surface area contributed by atoms with E-state index in [2.05, 4.69) is 53.7 Å². The van der Waals surface area contributed by atoms with Crippen molar-refractivity contribution >= 4 is 5.97 Å². The Morgan fingerprint density at radius 3 is 2.19 bits per heavy atom. The molecule has 0 bridgehead atoms. The number of esters is 1. The number of hydrogen-bond acceptors (Lipinski definition) is 3. The van der Waals surface area contributed by atoms with E-state index in [9.17, 15) is 9.90 Å². The van der Waals surface area contributed by atoms with Gasteiger partial charge in [-0.25, -0.2) is 0 Å². The van der Waals surface area contributed by atoms with Crippen LogP contribution in [0.2, 0.25) is 0 Å². The van der Waals surface area contributed by atoms with Gasteiger partial charge in [0.2, 0.25) is 0 Å². The third-order valence-electron chi connectivity index (χ3n) is 5.48. The number of ether oxygens (including phenoxy) is 1. The van der Waals surface area contributed by atoms with Gasteiger partial charge in [-0.1, -0.05) is 41.5 Å². The molecule has 4 heteroatoms. The Kier molecular flexibility index (Phi) is 6.62. The number of phenols is 1. The molecule has 4 nitrogen and oxygen atoms in total. The fraction of sp³-hybridized carbons (Fsp3) is 0.696. The molecule has 0 amide bonds. The topological polar surface area (TPSA) is 51.0 Å². The Morgan fingerprint density at radius 1 is 1.15 bits per heavy atom. The van der Waals surface area contributed by atoms with Crippen molar-refractivity contribution in [3.63, 3.8) is 0 Å². The Morgan fingerprint density at radius 2 is 1.70 bits per heavy atom. The first-order chi connectivity index (χ1) is 12.4. The molecule has 2 N–H and O–H groups in total. The van der Waals surface area contributed by atoms with E-state index in [1.165, 1.54) is 10.5 Å². The van der Waals surface area contributed by atoms with Crippen molar-refractivity contribution in [2.24, 2.45) is 5.92 Å². The van der Waals surface area contributed by atoms with Gasteiger partial charge in [-0.3, -0.25) is 4.79 Å². The summed E-state index contributed by atoms with van der Waals surface area (Å²) in [6.07, 6.45) is 1.98. The van der Waals surface area contributed by atoms with E-state index in [0.717, 1.165) is 43.6 Å². The quantitative estimate of drug-likeness (QED) is 0.793. The van der Waals surface area contributed by atoms with Crippen LogP contribution in [0.15, 0.2) is 12.1 Å². The van der Waals surface area contributed by atoms with Gasteiger partial charge in [-0.15, -0.1) is 0 Å². The van der Waals surface area contributed by atoms with Crippen LogP contribution in [0.25, 0.3) is 0 Å². The second kappa shape index (κ2) is 8.22. The van der Waals surface area contributed by atoms with Crippen LogP contribution in [-0.4, -0.2) is 30.8 Å². The summed E-state index contributed by atoms with van der Waals surface area (Å²) in [6.45, 7) is 17.9. The minimum atomic E-state index is -0.120. The van der Waals surface area contributed by atoms with Gasteiger partial charge in [0.25, 0.3) is 0 Å². The Hall–Kier alpha value is -1.55. The molecule has 1 aromatic rings. The molecule has 0 aromatic heterocycles. The maximum atomic E-state index is 12.1. The molecule has 2 atom stereocenters. The van der Waals surface area contributed by atoms with Crippen molar-refractivity contribution in [2.45, 2.75) is 78.7 Å². The smallest absolute Gasteiger partial charge is 0.314 e. The van der Waals surface area contributed by atoms with E-state index in [1.807, 2.05) is 6.92 Å². The zero-order chi connectivity index (χ0) is 20.4. The lowest BCUT2D eigenvalue weighted by Gasteiger charge is -2.31. The maximum absolute atomic E-state index is 12.1. The van der Waals surface area contributed by atoms with Crippen LogP contribution in [-0.2, 0) is 26.9 Å². The lowest BCUT2D eigenvalue weighted by molar-refractivity contribution is -0.921. The average Bonchev–Trinajstić information content (AvgIpc) is 2.54. The first-order valence-electron chi connectivity index (χ1n) is 10.3. The molecule has 1 unspecified atom stereocenters. The summed E-state index contributed by atoms with van der Waals surface area (Å²) >= 11 is 0. The van der Waals surface area contributed by atoms with Gasteiger partial charge in [0.1, 0.15) is 18.2 Å². The number of benzene rings is 1. The maximum Gasteiger partial charge on any atom is 0.314 e. The van der Waals surface area contributed by atoms with E-state index in [1.54, 1.807) is 0 Å². The average molecular weight is 377 g/mol. The predicted octanol–water partition coefficient (Wildman–Crippen LogP) is 3.35. The highest BCUT2D eigenvalue weighted by molar-refractivity contribution is 5.72. The van der Waals surface area contributed by atoms with E-state index in [0.29, 0.717) is 12.4 Å². The van der Waals surface area contributed by atoms with E-state index in [4.69, 9.17) is 4.74 Å². The number of nitrogens with one attached hydrogen (secondary N) is 1. The van der Waals surface area contributed by atoms with Crippen molar-refractivity contribution in [3.8, 4) is 5.75 Å². The number of phenolic OH excluding ortho intramolecular Hbond substituents is 1. The zero-order valence-corrected chi connectivity index (χ0v) is 18.2. The minimum Gasteiger partial charge on any atom is -0.507 e. The van der Waals surface area contributed by atoms with Gasteiger partial charge in [-0.2, -0.15) is 0 Å². The standard InChI is InChI=1S/C23H37NO3/c1-8-27-21(26)17-10-9-11-24(15-17)14-16-12-18(22(2,3)4)20(25)19(13-16)23(5,6)7/h12-13,17,25H,8-11,14-15H2,1-7H3/p+1/t17-/m1/s1. The second-order valence-corrected chi connectivity index (χ2v) is 10.0. The Balaban J connectivity index is 2.29. The predicted molar refractivity (Wildman–Crippen MR) is 109 cm³/mol. The Labute approximate surface area is 164 Å². The molecule has 0 aliphatic carbocycles. The molecule has 0 radical (unpaired) electrons. The Bertz CT molecular complexity index is 632. The normalized spacial score (nSPS) is 21.1. The minimum absolute atomic E-state index is 0.00925. The molecular formula is C23H38NO3+. The summed E-state index contributed by atoms with van der Waals surface area (Å²) in [4.78, 5) is 13.6. The van der Waals surface area contributed by atoms with Crippen LogP contribution in [0.4, 0.5) is 0 Å². The van der Waals surface area contributed by atoms with Crippen molar-refractivity contribution in [1.82, 2.24) is 0 Å². The first kappa shape index (κ1) is 21.7. The number of likely N-dealkylation sites (tertiary alicyclic amines) is 1. The molecule has 27 heavy (non-hydrogen) atoms. The molecule has 1 fully saturated rings. The second-order valence-electron chi connectivity index (χ2n) is 10.0. The number of hydrogen-bond donors (Lipinski definition) is 2. The van der Waals surface area contributed by atoms with E-state index < -0.39 is 0 Å². The van der Waals surface area contributed by atoms with Gasteiger partial charge in [0.15, 0.2) is 0 Å². The highest BCUT2D eigenvalue weighted by Gasteiger charge is 2.31. The third-order valence-corrected chi connectivity index (χ3v) is 5.48. The van der Waals surface area contributed by atoms with Crippen LogP contribution in [0, 0.1) is 5.92 Å². The van der Waals surface area contributed by atoms with E-state index in [-0.39, 0.29) is 22.7 Å². The molecule has 152 valence electrons. The van der Waals surface area contributed by atoms with Crippen molar-refractivity contribution in [2.75, 3.05) is 19.7 Å². The van der Waals surface area contributed by atoms with Crippen molar-refractivity contribution in [1.29, 1.82) is 0 Å². The highest BCUT2D eigenvalue weighted by Crippen LogP contribution is 2.39. The van der Waals surface area contributed by atoms with Crippen LogP contribution in [0.1, 0.15) is 78.0 Å². The number of carbonyl (C=O) groups is 1. The highest BCUT2D eigenvalue weighted by atomic mass is 16.5. The summed E-state index contributed by atoms with van der Waals surface area (Å²) in [5.74, 6) is 0.387. The summed E-state index contributed by atoms with van der Waals surface area (Å²) < 4.78 is 5.24. The fourth-order valence-corrected chi connectivity index (χ4v) is 4.00. The largest absolute Gasteiger partial charge is 0.507 e. The number of piperidine rings is 1. The molecule has 2 rings (SSSR count). The van der Waals surface area contributed by atoms with Gasteiger partial charge in [-0.05, 0) is 42.7 Å². The summed E-state index contributed by atoms with van der Waals surface area (Å²) in [5.41, 5.74) is 3.00. The number of carbonyl (C=O) groups excluding carboxylic acids is 1. The molecule has 0 spiro atoms. The summed E-state index contributed by atoms with van der Waals surface area (Å²) in [7, 11) is 0. The van der Waals surface area contributed by atoms with Gasteiger partial charge in [0, 0.05) is 16.7 Å². The molecule has 1 aliphatic rings. The first-order valence-corrected chi connectivity index (χ1v) is 10.3. The van der Waals surface area contributed by atoms with Gasteiger partial charge in [0.05, 0.1) is 19.7 Å². The summed E-state index contributed by atoms with van der Waals surface area (Å²) in [6, 6.07) is 4.32. The molecule has 1 aliphatic heterocycles. The van der Waals surface area contributed by atoms with Crippen LogP contribution >= 0.6 is 0 Å². The molecule has 1 aromatic carbocycles. The van der Waals surface area contributed by atoms with Gasteiger partial charge >= 0.3 is 5.97 Å². The third kappa shape index (κ3) is 5.47. The monoisotopic (exact) mass is 376 g/mol. The molecule has 0 saturated carbocycles. The van der Waals surface area contributed by atoms with Crippen molar-refractivity contribution < 1.29 is 19.5 Å². The zero-order valence-electron chi connectivity index (χ0n) is 18.2. The van der Waals surface area contributed by atoms with Crippen LogP contribution in [0.3, 0.4) is 0 Å². The fourth-order valence-electron chi connectivity index (χ4n) is 4.00. The van der Waals surface area contributed by atoms with Crippen LogP contribution < -0.4 is 4.90 Å². The number of quaternary nitrogens is 1. The number of rotatable bonds is 4. The molecule has 1 heterocycles. The SMILES string of the molecule is CCOC(=O)[C@@H]1CCC[NH+](Cc2cc(C(C)(C)C)c(O)c(C(C)(C)C)c2)C1.